The summed E-state index contributed by atoms with van der Waals surface area (Å²) in [5.41, 5.74) is 1.35. The molecular formula is C19H13ClN2O4S. The summed E-state index contributed by atoms with van der Waals surface area (Å²) >= 11 is 11.0. The highest BCUT2D eigenvalue weighted by atomic mass is 35.5. The van der Waals surface area contributed by atoms with E-state index in [0.29, 0.717) is 21.8 Å². The molecule has 1 fully saturated rings. The Hall–Kier alpha value is -3.03. The lowest BCUT2D eigenvalue weighted by Gasteiger charge is -2.28. The fraction of sp³-hybridized carbons (Fsp3) is 0.0526. The molecule has 1 aliphatic heterocycles. The number of benzene rings is 2. The fourth-order valence-corrected chi connectivity index (χ4v) is 2.89. The predicted molar refractivity (Wildman–Crippen MR) is 105 cm³/mol. The minimum absolute atomic E-state index is 0.00879. The number of anilines is 1. The summed E-state index contributed by atoms with van der Waals surface area (Å²) in [5.74, 6) is -1.62. The first-order valence-corrected chi connectivity index (χ1v) is 8.54. The zero-order valence-corrected chi connectivity index (χ0v) is 15.6. The lowest BCUT2D eigenvalue weighted by atomic mass is 10.1. The van der Waals surface area contributed by atoms with Crippen molar-refractivity contribution in [2.24, 2.45) is 0 Å². The summed E-state index contributed by atoms with van der Waals surface area (Å²) < 4.78 is 4.64. The molecule has 2 aromatic carbocycles. The third-order valence-electron chi connectivity index (χ3n) is 3.83. The summed E-state index contributed by atoms with van der Waals surface area (Å²) in [6, 6.07) is 12.8. The number of nitrogens with one attached hydrogen (secondary N) is 1. The van der Waals surface area contributed by atoms with Crippen molar-refractivity contribution in [1.82, 2.24) is 5.32 Å². The number of esters is 1. The molecule has 0 aromatic heterocycles. The maximum Gasteiger partial charge on any atom is 0.337 e. The van der Waals surface area contributed by atoms with E-state index in [0.717, 1.165) is 0 Å². The molecule has 0 bridgehead atoms. The van der Waals surface area contributed by atoms with Gasteiger partial charge in [0.05, 0.1) is 18.4 Å². The normalized spacial score (nSPS) is 15.7. The summed E-state index contributed by atoms with van der Waals surface area (Å²) in [7, 11) is 1.29. The van der Waals surface area contributed by atoms with Gasteiger partial charge in [-0.25, -0.2) is 4.79 Å². The number of halogens is 1. The van der Waals surface area contributed by atoms with Gasteiger partial charge in [-0.15, -0.1) is 0 Å². The van der Waals surface area contributed by atoms with Crippen LogP contribution in [0.3, 0.4) is 0 Å². The molecule has 136 valence electrons. The average molecular weight is 401 g/mol. The minimum Gasteiger partial charge on any atom is -0.465 e. The monoisotopic (exact) mass is 400 g/mol. The maximum atomic E-state index is 12.9. The number of carbonyl (C=O) groups excluding carboxylic acids is 3. The van der Waals surface area contributed by atoms with Crippen molar-refractivity contribution in [2.75, 3.05) is 12.0 Å². The van der Waals surface area contributed by atoms with Crippen LogP contribution in [-0.4, -0.2) is 30.0 Å². The molecule has 2 aromatic rings. The third-order valence-corrected chi connectivity index (χ3v) is 4.37. The Morgan fingerprint density at radius 3 is 2.33 bits per heavy atom. The van der Waals surface area contributed by atoms with Gasteiger partial charge in [-0.2, -0.15) is 0 Å². The van der Waals surface area contributed by atoms with Crippen LogP contribution in [0.1, 0.15) is 15.9 Å². The molecule has 1 N–H and O–H groups in total. The van der Waals surface area contributed by atoms with E-state index in [9.17, 15) is 14.4 Å². The van der Waals surface area contributed by atoms with Crippen LogP contribution in [0.2, 0.25) is 5.02 Å². The van der Waals surface area contributed by atoms with Gasteiger partial charge in [0.2, 0.25) is 0 Å². The Morgan fingerprint density at radius 2 is 1.74 bits per heavy atom. The molecule has 0 unspecified atom stereocenters. The van der Waals surface area contributed by atoms with Gasteiger partial charge in [0.25, 0.3) is 11.8 Å². The second kappa shape index (κ2) is 7.69. The minimum atomic E-state index is -0.591. The van der Waals surface area contributed by atoms with Crippen molar-refractivity contribution in [1.29, 1.82) is 0 Å². The van der Waals surface area contributed by atoms with Gasteiger partial charge in [-0.3, -0.25) is 19.8 Å². The standard InChI is InChI=1S/C19H13ClN2O4S/c1-26-18(25)12-4-2-11(3-5-12)10-15-16(23)21-19(27)22(17(15)24)14-8-6-13(20)7-9-14/h2-10H,1H3,(H,21,23,27). The summed E-state index contributed by atoms with van der Waals surface area (Å²) in [6.45, 7) is 0. The Morgan fingerprint density at radius 1 is 1.11 bits per heavy atom. The number of hydrogen-bond donors (Lipinski definition) is 1. The highest BCUT2D eigenvalue weighted by Crippen LogP contribution is 2.23. The van der Waals surface area contributed by atoms with E-state index in [4.69, 9.17) is 23.8 Å². The van der Waals surface area contributed by atoms with Crippen LogP contribution in [0, 0.1) is 0 Å². The Kier molecular flexibility index (Phi) is 5.34. The summed E-state index contributed by atoms with van der Waals surface area (Å²) in [4.78, 5) is 37.8. The van der Waals surface area contributed by atoms with Crippen molar-refractivity contribution in [3.63, 3.8) is 0 Å². The molecule has 0 atom stereocenters. The number of methoxy groups -OCH3 is 1. The summed E-state index contributed by atoms with van der Waals surface area (Å²) in [5, 5.41) is 3.01. The first kappa shape index (κ1) is 18.8. The third kappa shape index (κ3) is 3.89. The molecule has 0 radical (unpaired) electrons. The SMILES string of the molecule is COC(=O)c1ccc(C=C2C(=O)NC(=S)N(c3ccc(Cl)cc3)C2=O)cc1. The Labute approximate surface area is 165 Å². The van der Waals surface area contributed by atoms with E-state index >= 15 is 0 Å². The van der Waals surface area contributed by atoms with E-state index in [1.54, 1.807) is 48.5 Å². The van der Waals surface area contributed by atoms with Crippen molar-refractivity contribution < 1.29 is 19.1 Å². The van der Waals surface area contributed by atoms with Gasteiger partial charge in [0.15, 0.2) is 5.11 Å². The van der Waals surface area contributed by atoms with E-state index in [1.807, 2.05) is 0 Å². The van der Waals surface area contributed by atoms with E-state index in [2.05, 4.69) is 10.1 Å². The number of carbonyl (C=O) groups is 3. The van der Waals surface area contributed by atoms with Gasteiger partial charge < -0.3 is 4.74 Å². The largest absolute Gasteiger partial charge is 0.465 e. The highest BCUT2D eigenvalue weighted by Gasteiger charge is 2.34. The lowest BCUT2D eigenvalue weighted by Crippen LogP contribution is -2.54. The van der Waals surface area contributed by atoms with Crippen LogP contribution in [0.5, 0.6) is 0 Å². The highest BCUT2D eigenvalue weighted by molar-refractivity contribution is 7.80. The van der Waals surface area contributed by atoms with E-state index in [1.165, 1.54) is 18.1 Å². The second-order valence-corrected chi connectivity index (χ2v) is 6.37. The molecule has 2 amide bonds. The Balaban J connectivity index is 1.94. The molecule has 1 aliphatic rings. The molecule has 1 saturated heterocycles. The zero-order valence-electron chi connectivity index (χ0n) is 14.1. The number of nitrogens with zero attached hydrogens (tertiary/aromatic N) is 1. The number of hydrogen-bond acceptors (Lipinski definition) is 5. The molecule has 0 spiro atoms. The quantitative estimate of drug-likeness (QED) is 0.371. The van der Waals surface area contributed by atoms with Gasteiger partial charge in [0, 0.05) is 5.02 Å². The van der Waals surface area contributed by atoms with Crippen molar-refractivity contribution in [3.05, 3.63) is 70.3 Å². The average Bonchev–Trinajstić information content (AvgIpc) is 2.66. The van der Waals surface area contributed by atoms with E-state index in [-0.39, 0.29) is 10.7 Å². The number of amides is 2. The van der Waals surface area contributed by atoms with Crippen LogP contribution in [0.4, 0.5) is 5.69 Å². The summed E-state index contributed by atoms with van der Waals surface area (Å²) in [6.07, 6.45) is 1.43. The molecule has 0 aliphatic carbocycles. The molecule has 3 rings (SSSR count). The van der Waals surface area contributed by atoms with Crippen LogP contribution in [0.15, 0.2) is 54.1 Å². The zero-order chi connectivity index (χ0) is 19.6. The predicted octanol–water partition coefficient (Wildman–Crippen LogP) is 2.96. The number of thiocarbonyl (C=S) groups is 1. The number of rotatable bonds is 3. The first-order chi connectivity index (χ1) is 12.9. The van der Waals surface area contributed by atoms with Gasteiger partial charge >= 0.3 is 5.97 Å². The van der Waals surface area contributed by atoms with Gasteiger partial charge in [-0.1, -0.05) is 23.7 Å². The maximum absolute atomic E-state index is 12.9. The van der Waals surface area contributed by atoms with Crippen LogP contribution < -0.4 is 10.2 Å². The van der Waals surface area contributed by atoms with Gasteiger partial charge in [-0.05, 0) is 60.3 Å². The van der Waals surface area contributed by atoms with Crippen molar-refractivity contribution >= 4 is 58.5 Å². The molecule has 6 nitrogen and oxygen atoms in total. The van der Waals surface area contributed by atoms with Crippen molar-refractivity contribution in [2.45, 2.75) is 0 Å². The molecule has 27 heavy (non-hydrogen) atoms. The molecule has 8 heteroatoms. The van der Waals surface area contributed by atoms with E-state index < -0.39 is 17.8 Å². The smallest absolute Gasteiger partial charge is 0.337 e. The van der Waals surface area contributed by atoms with Crippen LogP contribution in [-0.2, 0) is 14.3 Å². The first-order valence-electron chi connectivity index (χ1n) is 7.76. The topological polar surface area (TPSA) is 75.7 Å². The van der Waals surface area contributed by atoms with Crippen molar-refractivity contribution in [3.8, 4) is 0 Å². The number of ether oxygens (including phenoxy) is 1. The molecule has 1 heterocycles. The van der Waals surface area contributed by atoms with Crippen LogP contribution in [0.25, 0.3) is 6.08 Å². The molecule has 0 saturated carbocycles. The molecular weight excluding hydrogens is 388 g/mol. The fourth-order valence-electron chi connectivity index (χ4n) is 2.48. The van der Waals surface area contributed by atoms with Crippen LogP contribution >= 0.6 is 23.8 Å². The second-order valence-electron chi connectivity index (χ2n) is 5.55. The lowest BCUT2D eigenvalue weighted by molar-refractivity contribution is -0.122. The Bertz CT molecular complexity index is 968. The van der Waals surface area contributed by atoms with Gasteiger partial charge in [0.1, 0.15) is 5.57 Å².